The van der Waals surface area contributed by atoms with Crippen LogP contribution in [0.1, 0.15) is 10.6 Å². The third-order valence-electron chi connectivity index (χ3n) is 3.55. The van der Waals surface area contributed by atoms with Gasteiger partial charge in [-0.2, -0.15) is 0 Å². The van der Waals surface area contributed by atoms with Crippen molar-refractivity contribution < 1.29 is 9.59 Å². The van der Waals surface area contributed by atoms with E-state index in [-0.39, 0.29) is 23.3 Å². The van der Waals surface area contributed by atoms with Gasteiger partial charge in [0.05, 0.1) is 26.7 Å². The molecule has 3 rings (SSSR count). The van der Waals surface area contributed by atoms with Crippen molar-refractivity contribution in [2.24, 2.45) is 0 Å². The number of fused-ring (bicyclic) bond motifs is 1. The maximum Gasteiger partial charge on any atom is 0.234 e. The summed E-state index contributed by atoms with van der Waals surface area (Å²) in [5.74, 6) is 0.212. The number of hydrogen-bond donors (Lipinski definition) is 2. The van der Waals surface area contributed by atoms with Crippen molar-refractivity contribution in [3.8, 4) is 0 Å². The second-order valence-corrected chi connectivity index (χ2v) is 8.09. The Labute approximate surface area is 160 Å². The van der Waals surface area contributed by atoms with Crippen LogP contribution >= 0.6 is 23.1 Å². The van der Waals surface area contributed by atoms with E-state index < -0.39 is 0 Å². The summed E-state index contributed by atoms with van der Waals surface area (Å²) in [5.41, 5.74) is 3.54. The predicted octanol–water partition coefficient (Wildman–Crippen LogP) is 4.22. The molecule has 3 aromatic rings. The highest BCUT2D eigenvalue weighted by Crippen LogP contribution is 2.24. The van der Waals surface area contributed by atoms with Crippen LogP contribution in [0.3, 0.4) is 0 Å². The Hall–Kier alpha value is -2.38. The molecule has 0 aliphatic carbocycles. The largest absolute Gasteiger partial charge is 0.325 e. The number of nitrogens with one attached hydrogen (secondary N) is 2. The molecule has 0 aliphatic heterocycles. The van der Waals surface area contributed by atoms with Gasteiger partial charge in [0.2, 0.25) is 11.8 Å². The van der Waals surface area contributed by atoms with Gasteiger partial charge in [-0.25, -0.2) is 4.98 Å². The average Bonchev–Trinajstić information content (AvgIpc) is 2.94. The minimum absolute atomic E-state index is 0.116. The second-order valence-electron chi connectivity index (χ2n) is 5.87. The Kier molecular flexibility index (Phi) is 5.90. The first kappa shape index (κ1) is 18.4. The lowest BCUT2D eigenvalue weighted by Gasteiger charge is -2.07. The molecule has 0 saturated carbocycles. The number of rotatable bonds is 6. The standard InChI is InChI=1S/C19H19N3O2S2/c1-12-4-3-5-14(8-12)21-18(23)10-25-11-19(24)22-15-6-7-16-17(9-15)26-13(2)20-16/h3-9H,10-11H2,1-2H3,(H,21,23)(H,22,24). The SMILES string of the molecule is Cc1cccc(NC(=O)CSCC(=O)Nc2ccc3nc(C)sc3c2)c1. The fourth-order valence-electron chi connectivity index (χ4n) is 2.47. The molecule has 134 valence electrons. The quantitative estimate of drug-likeness (QED) is 0.666. The minimum atomic E-state index is -0.126. The van der Waals surface area contributed by atoms with E-state index in [0.29, 0.717) is 0 Å². The number of benzene rings is 2. The van der Waals surface area contributed by atoms with Gasteiger partial charge < -0.3 is 10.6 Å². The average molecular weight is 386 g/mol. The Balaban J connectivity index is 1.45. The van der Waals surface area contributed by atoms with Crippen molar-refractivity contribution >= 4 is 56.5 Å². The number of aryl methyl sites for hydroxylation is 2. The number of anilines is 2. The van der Waals surface area contributed by atoms with Crippen molar-refractivity contribution in [1.29, 1.82) is 0 Å². The first-order valence-electron chi connectivity index (χ1n) is 8.11. The van der Waals surface area contributed by atoms with Gasteiger partial charge in [0.15, 0.2) is 0 Å². The van der Waals surface area contributed by atoms with Crippen molar-refractivity contribution in [3.63, 3.8) is 0 Å². The van der Waals surface area contributed by atoms with Crippen LogP contribution in [0.25, 0.3) is 10.2 Å². The fraction of sp³-hybridized carbons (Fsp3) is 0.211. The van der Waals surface area contributed by atoms with E-state index in [1.165, 1.54) is 11.8 Å². The second kappa shape index (κ2) is 8.33. The van der Waals surface area contributed by atoms with Crippen LogP contribution in [0.2, 0.25) is 0 Å². The molecule has 0 spiro atoms. The van der Waals surface area contributed by atoms with E-state index in [0.717, 1.165) is 32.2 Å². The number of hydrogen-bond acceptors (Lipinski definition) is 5. The van der Waals surface area contributed by atoms with Gasteiger partial charge in [-0.1, -0.05) is 12.1 Å². The van der Waals surface area contributed by atoms with Gasteiger partial charge in [-0.3, -0.25) is 9.59 Å². The van der Waals surface area contributed by atoms with Crippen LogP contribution < -0.4 is 10.6 Å². The van der Waals surface area contributed by atoms with Crippen LogP contribution in [0.4, 0.5) is 11.4 Å². The number of amides is 2. The summed E-state index contributed by atoms with van der Waals surface area (Å²) in [7, 11) is 0. The zero-order chi connectivity index (χ0) is 18.5. The molecule has 0 unspecified atom stereocenters. The lowest BCUT2D eigenvalue weighted by atomic mass is 10.2. The summed E-state index contributed by atoms with van der Waals surface area (Å²) in [5, 5.41) is 6.69. The zero-order valence-corrected chi connectivity index (χ0v) is 16.2. The summed E-state index contributed by atoms with van der Waals surface area (Å²) < 4.78 is 1.05. The number of thioether (sulfide) groups is 1. The maximum absolute atomic E-state index is 12.1. The molecule has 0 radical (unpaired) electrons. The molecule has 1 aromatic heterocycles. The number of carbonyl (C=O) groups excluding carboxylic acids is 2. The molecule has 0 saturated heterocycles. The van der Waals surface area contributed by atoms with Crippen LogP contribution in [-0.4, -0.2) is 28.3 Å². The van der Waals surface area contributed by atoms with Crippen LogP contribution in [-0.2, 0) is 9.59 Å². The van der Waals surface area contributed by atoms with E-state index >= 15 is 0 Å². The van der Waals surface area contributed by atoms with Crippen molar-refractivity contribution in [1.82, 2.24) is 4.98 Å². The molecule has 0 fully saturated rings. The van der Waals surface area contributed by atoms with Crippen LogP contribution in [0.5, 0.6) is 0 Å². The Bertz CT molecular complexity index is 953. The fourth-order valence-corrected chi connectivity index (χ4v) is 3.95. The van der Waals surface area contributed by atoms with E-state index in [9.17, 15) is 9.59 Å². The molecule has 1 heterocycles. The Morgan fingerprint density at radius 1 is 1.00 bits per heavy atom. The first-order chi connectivity index (χ1) is 12.5. The summed E-state index contributed by atoms with van der Waals surface area (Å²) >= 11 is 2.88. The van der Waals surface area contributed by atoms with Gasteiger partial charge in [-0.05, 0) is 49.7 Å². The molecule has 7 heteroatoms. The zero-order valence-electron chi connectivity index (χ0n) is 14.5. The lowest BCUT2D eigenvalue weighted by molar-refractivity contribution is -0.114. The van der Waals surface area contributed by atoms with E-state index in [4.69, 9.17) is 0 Å². The highest BCUT2D eigenvalue weighted by molar-refractivity contribution is 8.00. The predicted molar refractivity (Wildman–Crippen MR) is 110 cm³/mol. The number of thiazole rings is 1. The van der Waals surface area contributed by atoms with Crippen molar-refractivity contribution in [3.05, 3.63) is 53.0 Å². The summed E-state index contributed by atoms with van der Waals surface area (Å²) in [4.78, 5) is 28.4. The van der Waals surface area contributed by atoms with Gasteiger partial charge in [0.1, 0.15) is 0 Å². The lowest BCUT2D eigenvalue weighted by Crippen LogP contribution is -2.18. The molecule has 0 bridgehead atoms. The first-order valence-corrected chi connectivity index (χ1v) is 10.1. The third kappa shape index (κ3) is 5.06. The van der Waals surface area contributed by atoms with Gasteiger partial charge in [0.25, 0.3) is 0 Å². The van der Waals surface area contributed by atoms with E-state index in [1.807, 2.05) is 56.3 Å². The monoisotopic (exact) mass is 385 g/mol. The maximum atomic E-state index is 12.1. The number of aromatic nitrogens is 1. The molecule has 5 nitrogen and oxygen atoms in total. The van der Waals surface area contributed by atoms with Crippen LogP contribution in [0.15, 0.2) is 42.5 Å². The molecular formula is C19H19N3O2S2. The highest BCUT2D eigenvalue weighted by atomic mass is 32.2. The summed E-state index contributed by atoms with van der Waals surface area (Å²) in [6.45, 7) is 3.93. The normalized spacial score (nSPS) is 10.7. The van der Waals surface area contributed by atoms with Crippen molar-refractivity contribution in [2.45, 2.75) is 13.8 Å². The molecule has 2 N–H and O–H groups in total. The molecule has 2 amide bonds. The molecule has 2 aromatic carbocycles. The number of nitrogens with zero attached hydrogens (tertiary/aromatic N) is 1. The minimum Gasteiger partial charge on any atom is -0.325 e. The van der Waals surface area contributed by atoms with Gasteiger partial charge in [0, 0.05) is 11.4 Å². The number of carbonyl (C=O) groups is 2. The van der Waals surface area contributed by atoms with Gasteiger partial charge >= 0.3 is 0 Å². The molecule has 0 atom stereocenters. The van der Waals surface area contributed by atoms with E-state index in [2.05, 4.69) is 15.6 Å². The van der Waals surface area contributed by atoms with Crippen LogP contribution in [0, 0.1) is 13.8 Å². The van der Waals surface area contributed by atoms with Gasteiger partial charge in [-0.15, -0.1) is 23.1 Å². The van der Waals surface area contributed by atoms with E-state index in [1.54, 1.807) is 11.3 Å². The Morgan fingerprint density at radius 3 is 2.38 bits per heavy atom. The highest BCUT2D eigenvalue weighted by Gasteiger charge is 2.08. The van der Waals surface area contributed by atoms with Crippen molar-refractivity contribution in [2.75, 3.05) is 22.1 Å². The molecule has 26 heavy (non-hydrogen) atoms. The smallest absolute Gasteiger partial charge is 0.234 e. The Morgan fingerprint density at radius 2 is 1.69 bits per heavy atom. The molecular weight excluding hydrogens is 366 g/mol. The third-order valence-corrected chi connectivity index (χ3v) is 5.41. The summed E-state index contributed by atoms with van der Waals surface area (Å²) in [6.07, 6.45) is 0. The summed E-state index contributed by atoms with van der Waals surface area (Å²) in [6, 6.07) is 13.3. The molecule has 0 aliphatic rings. The topological polar surface area (TPSA) is 71.1 Å².